The summed E-state index contributed by atoms with van der Waals surface area (Å²) in [6, 6.07) is 1.39. The molecule has 0 heterocycles. The lowest BCUT2D eigenvalue weighted by molar-refractivity contribution is -0.118. The highest BCUT2D eigenvalue weighted by Crippen LogP contribution is 2.34. The number of hydrogen-bond acceptors (Lipinski definition) is 8. The Kier molecular flexibility index (Phi) is 7.88. The first-order valence-corrected chi connectivity index (χ1v) is 7.44. The molecule has 4 atom stereocenters. The number of ether oxygens (including phenoxy) is 2. The molecule has 134 valence electrons. The molecule has 0 fully saturated rings. The maximum atomic E-state index is 12.1. The van der Waals surface area contributed by atoms with Gasteiger partial charge in [0.2, 0.25) is 0 Å². The van der Waals surface area contributed by atoms with Crippen LogP contribution in [-0.4, -0.2) is 65.6 Å². The first-order chi connectivity index (χ1) is 11.2. The van der Waals surface area contributed by atoms with E-state index in [0.29, 0.717) is 0 Å². The van der Waals surface area contributed by atoms with E-state index in [9.17, 15) is 24.9 Å². The number of carbonyl (C=O) groups excluding carboxylic acids is 2. The minimum absolute atomic E-state index is 0.00721. The summed E-state index contributed by atoms with van der Waals surface area (Å²) in [5, 5.41) is 29.1. The zero-order chi connectivity index (χ0) is 18.4. The Morgan fingerprint density at radius 2 is 1.83 bits per heavy atom. The van der Waals surface area contributed by atoms with Crippen molar-refractivity contribution < 1.29 is 34.4 Å². The van der Waals surface area contributed by atoms with E-state index in [2.05, 4.69) is 0 Å². The van der Waals surface area contributed by atoms with Gasteiger partial charge in [-0.15, -0.1) is 0 Å². The summed E-state index contributed by atoms with van der Waals surface area (Å²) in [6.07, 6.45) is -4.99. The number of aldehydes is 1. The Balaban J connectivity index is 2.80. The van der Waals surface area contributed by atoms with Crippen molar-refractivity contribution >= 4 is 35.5 Å². The maximum absolute atomic E-state index is 12.1. The van der Waals surface area contributed by atoms with Gasteiger partial charge in [0.05, 0.1) is 23.2 Å². The first-order valence-electron chi connectivity index (χ1n) is 6.68. The standard InChI is InChI=1S/C14H17Cl2NO7/c1-23-13-7(16)3-2-6(15)10(13)14(22)24-5-9(19)12(21)11(20)8(17)4-18/h2-4,8-9,11-12,19-21H,5,17H2,1H3. The highest BCUT2D eigenvalue weighted by Gasteiger charge is 2.31. The van der Waals surface area contributed by atoms with Gasteiger partial charge in [0.15, 0.2) is 5.75 Å². The molecule has 0 saturated heterocycles. The predicted molar refractivity (Wildman–Crippen MR) is 85.4 cm³/mol. The molecule has 10 heteroatoms. The molecular formula is C14H17Cl2NO7. The van der Waals surface area contributed by atoms with Crippen molar-refractivity contribution in [3.05, 3.63) is 27.7 Å². The highest BCUT2D eigenvalue weighted by molar-refractivity contribution is 6.37. The molecule has 24 heavy (non-hydrogen) atoms. The van der Waals surface area contributed by atoms with Gasteiger partial charge < -0.3 is 35.3 Å². The van der Waals surface area contributed by atoms with Crippen LogP contribution in [0.5, 0.6) is 5.75 Å². The van der Waals surface area contributed by atoms with Crippen molar-refractivity contribution in [1.82, 2.24) is 0 Å². The van der Waals surface area contributed by atoms with Crippen LogP contribution in [0, 0.1) is 0 Å². The number of methoxy groups -OCH3 is 1. The first kappa shape index (κ1) is 20.6. The Morgan fingerprint density at radius 1 is 1.25 bits per heavy atom. The number of nitrogens with two attached hydrogens (primary N) is 1. The van der Waals surface area contributed by atoms with Crippen molar-refractivity contribution in [3.8, 4) is 5.75 Å². The molecule has 0 aliphatic rings. The fourth-order valence-electron chi connectivity index (χ4n) is 1.79. The third kappa shape index (κ3) is 4.79. The second-order valence-electron chi connectivity index (χ2n) is 4.80. The Hall–Kier alpha value is -1.42. The van der Waals surface area contributed by atoms with Crippen LogP contribution in [0.3, 0.4) is 0 Å². The molecule has 0 aromatic heterocycles. The van der Waals surface area contributed by atoms with Gasteiger partial charge in [0, 0.05) is 0 Å². The third-order valence-electron chi connectivity index (χ3n) is 3.15. The van der Waals surface area contributed by atoms with E-state index < -0.39 is 36.9 Å². The van der Waals surface area contributed by atoms with Crippen LogP contribution in [0.4, 0.5) is 0 Å². The van der Waals surface area contributed by atoms with E-state index in [4.69, 9.17) is 38.4 Å². The molecule has 1 aromatic rings. The van der Waals surface area contributed by atoms with Crippen LogP contribution >= 0.6 is 23.2 Å². The normalized spacial score (nSPS) is 16.0. The van der Waals surface area contributed by atoms with Gasteiger partial charge in [-0.05, 0) is 12.1 Å². The second-order valence-corrected chi connectivity index (χ2v) is 5.61. The zero-order valence-electron chi connectivity index (χ0n) is 12.6. The summed E-state index contributed by atoms with van der Waals surface area (Å²) in [5.41, 5.74) is 5.08. The molecule has 0 aliphatic heterocycles. The smallest absolute Gasteiger partial charge is 0.343 e. The molecule has 0 radical (unpaired) electrons. The molecule has 0 spiro atoms. The zero-order valence-corrected chi connectivity index (χ0v) is 14.1. The van der Waals surface area contributed by atoms with Gasteiger partial charge >= 0.3 is 5.97 Å². The van der Waals surface area contributed by atoms with E-state index >= 15 is 0 Å². The lowest BCUT2D eigenvalue weighted by atomic mass is 10.0. The number of hydrogen-bond donors (Lipinski definition) is 4. The number of esters is 1. The average molecular weight is 382 g/mol. The van der Waals surface area contributed by atoms with Gasteiger partial charge in [-0.3, -0.25) is 0 Å². The third-order valence-corrected chi connectivity index (χ3v) is 3.76. The molecule has 0 saturated carbocycles. The van der Waals surface area contributed by atoms with E-state index in [1.54, 1.807) is 0 Å². The molecular weight excluding hydrogens is 365 g/mol. The van der Waals surface area contributed by atoms with Gasteiger partial charge in [-0.2, -0.15) is 0 Å². The molecule has 1 rings (SSSR count). The molecule has 0 aliphatic carbocycles. The number of rotatable bonds is 8. The number of halogens is 2. The lowest BCUT2D eigenvalue weighted by Crippen LogP contribution is -2.50. The summed E-state index contributed by atoms with van der Waals surface area (Å²) in [5.74, 6) is -0.966. The van der Waals surface area contributed by atoms with Gasteiger partial charge in [0.1, 0.15) is 36.8 Å². The van der Waals surface area contributed by atoms with E-state index in [1.807, 2.05) is 0 Å². The number of aliphatic hydroxyl groups excluding tert-OH is 3. The van der Waals surface area contributed by atoms with Gasteiger partial charge in [-0.1, -0.05) is 23.2 Å². The Morgan fingerprint density at radius 3 is 2.38 bits per heavy atom. The van der Waals surface area contributed by atoms with Crippen molar-refractivity contribution in [1.29, 1.82) is 0 Å². The summed E-state index contributed by atoms with van der Waals surface area (Å²) < 4.78 is 9.83. The molecule has 8 nitrogen and oxygen atoms in total. The minimum atomic E-state index is -1.80. The fraction of sp³-hybridized carbons (Fsp3) is 0.429. The van der Waals surface area contributed by atoms with Crippen LogP contribution in [0.25, 0.3) is 0 Å². The molecule has 5 N–H and O–H groups in total. The maximum Gasteiger partial charge on any atom is 0.343 e. The van der Waals surface area contributed by atoms with Gasteiger partial charge in [0.25, 0.3) is 0 Å². The Labute approximate surface area is 147 Å². The number of benzene rings is 1. The number of carbonyl (C=O) groups is 2. The van der Waals surface area contributed by atoms with Crippen LogP contribution in [0.2, 0.25) is 10.0 Å². The monoisotopic (exact) mass is 381 g/mol. The summed E-state index contributed by atoms with van der Waals surface area (Å²) >= 11 is 11.8. The molecule has 0 bridgehead atoms. The van der Waals surface area contributed by atoms with Crippen molar-refractivity contribution in [3.63, 3.8) is 0 Å². The molecule has 1 aromatic carbocycles. The van der Waals surface area contributed by atoms with Gasteiger partial charge in [-0.25, -0.2) is 4.79 Å². The average Bonchev–Trinajstić information content (AvgIpc) is 2.58. The van der Waals surface area contributed by atoms with Crippen molar-refractivity contribution in [2.45, 2.75) is 24.4 Å². The van der Waals surface area contributed by atoms with Crippen molar-refractivity contribution in [2.24, 2.45) is 5.73 Å². The SMILES string of the molecule is COc1c(Cl)ccc(Cl)c1C(=O)OCC(O)C(O)C(O)C(N)C=O. The summed E-state index contributed by atoms with van der Waals surface area (Å²) in [6.45, 7) is -0.686. The molecule has 0 amide bonds. The second kappa shape index (κ2) is 9.16. The predicted octanol–water partition coefficient (Wildman–Crippen LogP) is -0.232. The Bertz CT molecular complexity index is 599. The minimum Gasteiger partial charge on any atom is -0.494 e. The highest BCUT2D eigenvalue weighted by atomic mass is 35.5. The lowest BCUT2D eigenvalue weighted by Gasteiger charge is -2.24. The van der Waals surface area contributed by atoms with E-state index in [0.717, 1.165) is 0 Å². The topological polar surface area (TPSA) is 139 Å². The van der Waals surface area contributed by atoms with Crippen LogP contribution in [-0.2, 0) is 9.53 Å². The van der Waals surface area contributed by atoms with E-state index in [-0.39, 0.29) is 27.6 Å². The summed E-state index contributed by atoms with van der Waals surface area (Å²) in [7, 11) is 1.28. The molecule has 4 unspecified atom stereocenters. The van der Waals surface area contributed by atoms with E-state index in [1.165, 1.54) is 19.2 Å². The van der Waals surface area contributed by atoms with Crippen LogP contribution < -0.4 is 10.5 Å². The largest absolute Gasteiger partial charge is 0.494 e. The quantitative estimate of drug-likeness (QED) is 0.357. The fourth-order valence-corrected chi connectivity index (χ4v) is 2.25. The van der Waals surface area contributed by atoms with Crippen LogP contribution in [0.1, 0.15) is 10.4 Å². The van der Waals surface area contributed by atoms with Crippen molar-refractivity contribution in [2.75, 3.05) is 13.7 Å². The van der Waals surface area contributed by atoms with Crippen LogP contribution in [0.15, 0.2) is 12.1 Å². The number of aliphatic hydroxyl groups is 3. The summed E-state index contributed by atoms with van der Waals surface area (Å²) in [4.78, 5) is 22.6.